The number of esters is 1. The van der Waals surface area contributed by atoms with Crippen molar-refractivity contribution >= 4 is 16.2 Å². The molecule has 0 spiro atoms. The molecule has 8 heteroatoms. The lowest BCUT2D eigenvalue weighted by Crippen LogP contribution is -2.52. The summed E-state index contributed by atoms with van der Waals surface area (Å²) in [6, 6.07) is 0. The molecule has 0 aromatic heterocycles. The van der Waals surface area contributed by atoms with Gasteiger partial charge in [-0.05, 0) is 27.7 Å². The second-order valence-electron chi connectivity index (χ2n) is 5.26. The van der Waals surface area contributed by atoms with Gasteiger partial charge < -0.3 is 9.47 Å². The van der Waals surface area contributed by atoms with Crippen LogP contribution in [-0.2, 0) is 24.5 Å². The van der Waals surface area contributed by atoms with Gasteiger partial charge in [-0.15, -0.1) is 0 Å². The molecule has 0 aromatic rings. The molecule has 1 aliphatic rings. The molecule has 0 aromatic carbocycles. The molecule has 0 aliphatic carbocycles. The van der Waals surface area contributed by atoms with Crippen LogP contribution in [0.25, 0.3) is 0 Å². The fraction of sp³-hybridized carbons (Fsp3) is 0.917. The van der Waals surface area contributed by atoms with Crippen LogP contribution in [0.3, 0.4) is 0 Å². The van der Waals surface area contributed by atoms with Crippen LogP contribution < -0.4 is 4.72 Å². The maximum atomic E-state index is 12.1. The number of hydrogen-bond acceptors (Lipinski definition) is 5. The van der Waals surface area contributed by atoms with Crippen LogP contribution in [0, 0.1) is 0 Å². The molecule has 0 unspecified atom stereocenters. The fourth-order valence-electron chi connectivity index (χ4n) is 2.02. The van der Waals surface area contributed by atoms with Crippen LogP contribution in [0.1, 0.15) is 34.1 Å². The highest BCUT2D eigenvalue weighted by Gasteiger charge is 2.30. The van der Waals surface area contributed by atoms with E-state index in [9.17, 15) is 13.2 Å². The summed E-state index contributed by atoms with van der Waals surface area (Å²) in [5, 5.41) is 0. The van der Waals surface area contributed by atoms with Crippen molar-refractivity contribution in [2.45, 2.75) is 52.4 Å². The van der Waals surface area contributed by atoms with Gasteiger partial charge in [0.2, 0.25) is 0 Å². The number of carbonyl (C=O) groups excluding carboxylic acids is 1. The molecule has 1 heterocycles. The van der Waals surface area contributed by atoms with Crippen LogP contribution in [0.2, 0.25) is 0 Å². The minimum absolute atomic E-state index is 0.0207. The smallest absolute Gasteiger partial charge is 0.307 e. The first-order chi connectivity index (χ1) is 9.20. The average molecular weight is 308 g/mol. The van der Waals surface area contributed by atoms with Gasteiger partial charge in [-0.3, -0.25) is 4.79 Å². The van der Waals surface area contributed by atoms with E-state index < -0.39 is 16.2 Å². The van der Waals surface area contributed by atoms with Gasteiger partial charge in [-0.1, -0.05) is 0 Å². The largest absolute Gasteiger partial charge is 0.463 e. The SMILES string of the molecule is CC(C)OC(=O)CCNS(=O)(=O)N1C[C@H](C)O[C@@H](C)C1. The number of rotatable bonds is 6. The Morgan fingerprint density at radius 2 is 1.90 bits per heavy atom. The topological polar surface area (TPSA) is 84.9 Å². The highest BCUT2D eigenvalue weighted by atomic mass is 32.2. The zero-order chi connectivity index (χ0) is 15.3. The number of ether oxygens (including phenoxy) is 2. The highest BCUT2D eigenvalue weighted by molar-refractivity contribution is 7.87. The van der Waals surface area contributed by atoms with Gasteiger partial charge in [0.15, 0.2) is 0 Å². The maximum absolute atomic E-state index is 12.1. The molecule has 1 N–H and O–H groups in total. The second kappa shape index (κ2) is 7.35. The minimum Gasteiger partial charge on any atom is -0.463 e. The number of nitrogens with one attached hydrogen (secondary N) is 1. The standard InChI is InChI=1S/C12H24N2O5S/c1-9(2)18-12(15)5-6-13-20(16,17)14-7-10(3)19-11(4)8-14/h9-11,13H,5-8H2,1-4H3/t10-,11-/m0/s1. The molecule has 0 bridgehead atoms. The van der Waals surface area contributed by atoms with E-state index >= 15 is 0 Å². The van der Waals surface area contributed by atoms with E-state index in [0.29, 0.717) is 13.1 Å². The Morgan fingerprint density at radius 3 is 2.40 bits per heavy atom. The third kappa shape index (κ3) is 5.74. The van der Waals surface area contributed by atoms with E-state index in [2.05, 4.69) is 4.72 Å². The molecule has 118 valence electrons. The maximum Gasteiger partial charge on any atom is 0.307 e. The second-order valence-corrected chi connectivity index (χ2v) is 7.02. The molecule has 1 rings (SSSR count). The van der Waals surface area contributed by atoms with Crippen LogP contribution in [-0.4, -0.2) is 56.6 Å². The molecular formula is C12H24N2O5S. The van der Waals surface area contributed by atoms with Gasteiger partial charge in [0.25, 0.3) is 10.2 Å². The summed E-state index contributed by atoms with van der Waals surface area (Å²) in [7, 11) is -3.58. The Bertz CT molecular complexity index is 414. The summed E-state index contributed by atoms with van der Waals surface area (Å²) in [6.45, 7) is 7.83. The Morgan fingerprint density at radius 1 is 1.35 bits per heavy atom. The van der Waals surface area contributed by atoms with Crippen molar-refractivity contribution in [3.8, 4) is 0 Å². The quantitative estimate of drug-likeness (QED) is 0.712. The first kappa shape index (κ1) is 17.4. The molecule has 1 aliphatic heterocycles. The Kier molecular flexibility index (Phi) is 6.38. The van der Waals surface area contributed by atoms with Crippen LogP contribution in [0.5, 0.6) is 0 Å². The normalized spacial score (nSPS) is 24.9. The van der Waals surface area contributed by atoms with Gasteiger partial charge in [0.05, 0.1) is 24.7 Å². The van der Waals surface area contributed by atoms with Crippen molar-refractivity contribution in [1.82, 2.24) is 9.03 Å². The molecular weight excluding hydrogens is 284 g/mol. The van der Waals surface area contributed by atoms with Crippen molar-refractivity contribution in [3.63, 3.8) is 0 Å². The van der Waals surface area contributed by atoms with Crippen molar-refractivity contribution in [1.29, 1.82) is 0 Å². The van der Waals surface area contributed by atoms with E-state index in [0.717, 1.165) is 0 Å². The van der Waals surface area contributed by atoms with Crippen molar-refractivity contribution in [2.24, 2.45) is 0 Å². The summed E-state index contributed by atoms with van der Waals surface area (Å²) in [4.78, 5) is 11.3. The van der Waals surface area contributed by atoms with E-state index in [1.54, 1.807) is 13.8 Å². The third-order valence-corrected chi connectivity index (χ3v) is 4.25. The first-order valence-electron chi connectivity index (χ1n) is 6.80. The van der Waals surface area contributed by atoms with Crippen molar-refractivity contribution in [2.75, 3.05) is 19.6 Å². The Labute approximate surface area is 120 Å². The zero-order valence-corrected chi connectivity index (χ0v) is 13.3. The molecule has 0 amide bonds. The van der Waals surface area contributed by atoms with Gasteiger partial charge in [-0.25, -0.2) is 4.72 Å². The highest BCUT2D eigenvalue weighted by Crippen LogP contribution is 2.13. The van der Waals surface area contributed by atoms with E-state index in [1.165, 1.54) is 4.31 Å². The van der Waals surface area contributed by atoms with E-state index in [-0.39, 0.29) is 31.3 Å². The minimum atomic E-state index is -3.58. The van der Waals surface area contributed by atoms with E-state index in [4.69, 9.17) is 9.47 Å². The molecule has 1 fully saturated rings. The van der Waals surface area contributed by atoms with Crippen molar-refractivity contribution in [3.05, 3.63) is 0 Å². The summed E-state index contributed by atoms with van der Waals surface area (Å²) >= 11 is 0. The van der Waals surface area contributed by atoms with Gasteiger partial charge >= 0.3 is 5.97 Å². The van der Waals surface area contributed by atoms with Gasteiger partial charge in [0.1, 0.15) is 0 Å². The summed E-state index contributed by atoms with van der Waals surface area (Å²) in [5.74, 6) is -0.411. The molecule has 7 nitrogen and oxygen atoms in total. The molecule has 1 saturated heterocycles. The molecule has 20 heavy (non-hydrogen) atoms. The van der Waals surface area contributed by atoms with E-state index in [1.807, 2.05) is 13.8 Å². The number of morpholine rings is 1. The predicted molar refractivity (Wildman–Crippen MR) is 74.3 cm³/mol. The monoisotopic (exact) mass is 308 g/mol. The third-order valence-electron chi connectivity index (χ3n) is 2.71. The average Bonchev–Trinajstić information content (AvgIpc) is 2.26. The van der Waals surface area contributed by atoms with Crippen LogP contribution in [0.4, 0.5) is 0 Å². The lowest BCUT2D eigenvalue weighted by atomic mass is 10.3. The van der Waals surface area contributed by atoms with Crippen LogP contribution in [0.15, 0.2) is 0 Å². The summed E-state index contributed by atoms with van der Waals surface area (Å²) in [6.07, 6.45) is -0.449. The number of nitrogens with zero attached hydrogens (tertiary/aromatic N) is 1. The van der Waals surface area contributed by atoms with Gasteiger partial charge in [-0.2, -0.15) is 12.7 Å². The first-order valence-corrected chi connectivity index (χ1v) is 8.24. The molecule has 2 atom stereocenters. The summed E-state index contributed by atoms with van der Waals surface area (Å²) in [5.41, 5.74) is 0. The Hall–Kier alpha value is -0.700. The predicted octanol–water partition coefficient (Wildman–Crippen LogP) is 0.272. The lowest BCUT2D eigenvalue weighted by Gasteiger charge is -2.34. The fourth-order valence-corrected chi connectivity index (χ4v) is 3.38. The number of hydrogen-bond donors (Lipinski definition) is 1. The lowest BCUT2D eigenvalue weighted by molar-refractivity contribution is -0.147. The summed E-state index contributed by atoms with van der Waals surface area (Å²) < 4.78 is 38.4. The Balaban J connectivity index is 2.43. The zero-order valence-electron chi connectivity index (χ0n) is 12.5. The van der Waals surface area contributed by atoms with Crippen molar-refractivity contribution < 1.29 is 22.7 Å². The molecule has 0 saturated carbocycles. The van der Waals surface area contributed by atoms with Crippen LogP contribution >= 0.6 is 0 Å². The number of carbonyl (C=O) groups is 1. The van der Waals surface area contributed by atoms with Gasteiger partial charge in [0, 0.05) is 19.6 Å². The molecule has 0 radical (unpaired) electrons.